The van der Waals surface area contributed by atoms with Gasteiger partial charge in [0.1, 0.15) is 5.82 Å². The summed E-state index contributed by atoms with van der Waals surface area (Å²) in [5, 5.41) is 0. The molecule has 0 spiro atoms. The molecule has 6 heteroatoms. The molecule has 2 N–H and O–H groups in total. The Balaban J connectivity index is 2.31. The van der Waals surface area contributed by atoms with Gasteiger partial charge < -0.3 is 15.5 Å². The van der Waals surface area contributed by atoms with E-state index in [1.54, 1.807) is 18.9 Å². The highest BCUT2D eigenvalue weighted by atomic mass is 19.1. The second-order valence-corrected chi connectivity index (χ2v) is 5.31. The zero-order valence-corrected chi connectivity index (χ0v) is 12.3. The van der Waals surface area contributed by atoms with Crippen LogP contribution in [0.15, 0.2) is 18.2 Å². The molecule has 1 atom stereocenters. The number of benzene rings is 1. The first-order chi connectivity index (χ1) is 9.95. The van der Waals surface area contributed by atoms with Crippen molar-refractivity contribution in [2.45, 2.75) is 25.8 Å². The summed E-state index contributed by atoms with van der Waals surface area (Å²) in [6, 6.07) is 4.02. The minimum Gasteiger partial charge on any atom is -0.338 e. The van der Waals surface area contributed by atoms with E-state index < -0.39 is 11.7 Å². The van der Waals surface area contributed by atoms with Crippen LogP contribution in [-0.2, 0) is 4.79 Å². The molecular formula is C15H20FN3O2. The maximum atomic E-state index is 13.9. The predicted octanol–water partition coefficient (Wildman–Crippen LogP) is 1.37. The average Bonchev–Trinajstić information content (AvgIpc) is 2.91. The van der Waals surface area contributed by atoms with Crippen molar-refractivity contribution >= 4 is 17.5 Å². The number of carbonyl (C=O) groups is 2. The standard InChI is InChI=1S/C15H20FN3O2/c1-10(9-17)18(2)15(21)12-8-11(5-6-13(12)16)19-7-3-4-14(19)20/h5-6,8,10H,3-4,7,9,17H2,1-2H3. The van der Waals surface area contributed by atoms with E-state index in [1.807, 2.05) is 0 Å². The van der Waals surface area contributed by atoms with Gasteiger partial charge in [-0.3, -0.25) is 9.59 Å². The van der Waals surface area contributed by atoms with Gasteiger partial charge in [0.25, 0.3) is 5.91 Å². The number of hydrogen-bond acceptors (Lipinski definition) is 3. The third kappa shape index (κ3) is 3.05. The summed E-state index contributed by atoms with van der Waals surface area (Å²) in [5.74, 6) is -1.02. The molecule has 1 aromatic carbocycles. The van der Waals surface area contributed by atoms with Crippen molar-refractivity contribution in [2.24, 2.45) is 5.73 Å². The van der Waals surface area contributed by atoms with Gasteiger partial charge in [-0.05, 0) is 31.5 Å². The topological polar surface area (TPSA) is 66.6 Å². The van der Waals surface area contributed by atoms with E-state index >= 15 is 0 Å². The van der Waals surface area contributed by atoms with Gasteiger partial charge in [-0.2, -0.15) is 0 Å². The number of anilines is 1. The van der Waals surface area contributed by atoms with Gasteiger partial charge >= 0.3 is 0 Å². The van der Waals surface area contributed by atoms with Crippen LogP contribution in [0.4, 0.5) is 10.1 Å². The second-order valence-electron chi connectivity index (χ2n) is 5.31. The first-order valence-corrected chi connectivity index (χ1v) is 7.03. The van der Waals surface area contributed by atoms with E-state index in [0.29, 0.717) is 25.2 Å². The Bertz CT molecular complexity index is 562. The first-order valence-electron chi connectivity index (χ1n) is 7.03. The summed E-state index contributed by atoms with van der Waals surface area (Å²) in [7, 11) is 1.59. The lowest BCUT2D eigenvalue weighted by molar-refractivity contribution is -0.117. The Morgan fingerprint density at radius 3 is 2.81 bits per heavy atom. The van der Waals surface area contributed by atoms with Crippen LogP contribution in [0.2, 0.25) is 0 Å². The summed E-state index contributed by atoms with van der Waals surface area (Å²) >= 11 is 0. The van der Waals surface area contributed by atoms with E-state index in [0.717, 1.165) is 6.42 Å². The molecule has 1 unspecified atom stereocenters. The molecule has 1 aliphatic rings. The molecule has 0 radical (unpaired) electrons. The lowest BCUT2D eigenvalue weighted by Crippen LogP contribution is -2.40. The van der Waals surface area contributed by atoms with Gasteiger partial charge in [0.05, 0.1) is 5.56 Å². The summed E-state index contributed by atoms with van der Waals surface area (Å²) in [4.78, 5) is 27.1. The number of rotatable bonds is 4. The largest absolute Gasteiger partial charge is 0.338 e. The smallest absolute Gasteiger partial charge is 0.256 e. The van der Waals surface area contributed by atoms with Gasteiger partial charge in [0.15, 0.2) is 0 Å². The third-order valence-electron chi connectivity index (χ3n) is 3.89. The van der Waals surface area contributed by atoms with Crippen LogP contribution in [0.5, 0.6) is 0 Å². The molecule has 0 saturated carbocycles. The fourth-order valence-electron chi connectivity index (χ4n) is 2.31. The van der Waals surface area contributed by atoms with E-state index in [4.69, 9.17) is 5.73 Å². The molecule has 1 heterocycles. The third-order valence-corrected chi connectivity index (χ3v) is 3.89. The van der Waals surface area contributed by atoms with Crippen LogP contribution in [-0.4, -0.2) is 42.9 Å². The van der Waals surface area contributed by atoms with Gasteiger partial charge in [0, 0.05) is 38.3 Å². The number of likely N-dealkylation sites (N-methyl/N-ethyl adjacent to an activating group) is 1. The number of carbonyl (C=O) groups excluding carboxylic acids is 2. The van der Waals surface area contributed by atoms with Gasteiger partial charge in [-0.1, -0.05) is 0 Å². The Morgan fingerprint density at radius 1 is 1.52 bits per heavy atom. The van der Waals surface area contributed by atoms with E-state index in [-0.39, 0.29) is 17.5 Å². The SMILES string of the molecule is CC(CN)N(C)C(=O)c1cc(N2CCCC2=O)ccc1F. The monoisotopic (exact) mass is 293 g/mol. The Hall–Kier alpha value is -1.95. The lowest BCUT2D eigenvalue weighted by atomic mass is 10.1. The van der Waals surface area contributed by atoms with Crippen molar-refractivity contribution < 1.29 is 14.0 Å². The van der Waals surface area contributed by atoms with Crippen LogP contribution in [0.1, 0.15) is 30.1 Å². The average molecular weight is 293 g/mol. The number of amides is 2. The lowest BCUT2D eigenvalue weighted by Gasteiger charge is -2.24. The number of hydrogen-bond donors (Lipinski definition) is 1. The minimum atomic E-state index is -0.591. The van der Waals surface area contributed by atoms with Crippen molar-refractivity contribution in [2.75, 3.05) is 25.0 Å². The number of nitrogens with two attached hydrogens (primary N) is 1. The molecule has 5 nitrogen and oxygen atoms in total. The zero-order chi connectivity index (χ0) is 15.6. The van der Waals surface area contributed by atoms with Gasteiger partial charge in [-0.15, -0.1) is 0 Å². The molecule has 114 valence electrons. The zero-order valence-electron chi connectivity index (χ0n) is 12.3. The molecule has 1 fully saturated rings. The summed E-state index contributed by atoms with van der Waals surface area (Å²) in [6.45, 7) is 2.70. The van der Waals surface area contributed by atoms with Crippen molar-refractivity contribution in [3.8, 4) is 0 Å². The second kappa shape index (κ2) is 6.22. The highest BCUT2D eigenvalue weighted by molar-refractivity contribution is 5.99. The van der Waals surface area contributed by atoms with Crippen LogP contribution in [0.25, 0.3) is 0 Å². The van der Waals surface area contributed by atoms with Crippen LogP contribution >= 0.6 is 0 Å². The predicted molar refractivity (Wildman–Crippen MR) is 78.6 cm³/mol. The molecule has 0 aromatic heterocycles. The van der Waals surface area contributed by atoms with Crippen LogP contribution in [0, 0.1) is 5.82 Å². The summed E-state index contributed by atoms with van der Waals surface area (Å²) < 4.78 is 13.9. The maximum Gasteiger partial charge on any atom is 0.256 e. The first kappa shape index (κ1) is 15.4. The molecule has 1 aliphatic heterocycles. The van der Waals surface area contributed by atoms with Gasteiger partial charge in [-0.25, -0.2) is 4.39 Å². The van der Waals surface area contributed by atoms with Crippen molar-refractivity contribution in [1.29, 1.82) is 0 Å². The number of halogens is 1. The summed E-state index contributed by atoms with van der Waals surface area (Å²) in [5.41, 5.74) is 6.07. The fraction of sp³-hybridized carbons (Fsp3) is 0.467. The molecule has 21 heavy (non-hydrogen) atoms. The molecule has 2 amide bonds. The van der Waals surface area contributed by atoms with Crippen molar-refractivity contribution in [1.82, 2.24) is 4.90 Å². The van der Waals surface area contributed by atoms with Gasteiger partial charge in [0.2, 0.25) is 5.91 Å². The molecule has 1 aromatic rings. The molecule has 2 rings (SSSR count). The molecule has 1 saturated heterocycles. The van der Waals surface area contributed by atoms with Crippen LogP contribution < -0.4 is 10.6 Å². The minimum absolute atomic E-state index is 0.00341. The van der Waals surface area contributed by atoms with E-state index in [1.165, 1.54) is 23.1 Å². The maximum absolute atomic E-state index is 13.9. The summed E-state index contributed by atoms with van der Waals surface area (Å²) in [6.07, 6.45) is 1.27. The Labute approximate surface area is 123 Å². The Morgan fingerprint density at radius 2 is 2.24 bits per heavy atom. The van der Waals surface area contributed by atoms with Crippen molar-refractivity contribution in [3.63, 3.8) is 0 Å². The molecule has 0 aliphatic carbocycles. The molecular weight excluding hydrogens is 273 g/mol. The van der Waals surface area contributed by atoms with Crippen LogP contribution in [0.3, 0.4) is 0 Å². The highest BCUT2D eigenvalue weighted by Gasteiger charge is 2.25. The Kier molecular flexibility index (Phi) is 4.57. The molecule has 0 bridgehead atoms. The quantitative estimate of drug-likeness (QED) is 0.912. The normalized spacial score (nSPS) is 16.2. The van der Waals surface area contributed by atoms with Crippen molar-refractivity contribution in [3.05, 3.63) is 29.6 Å². The highest BCUT2D eigenvalue weighted by Crippen LogP contribution is 2.24. The number of nitrogens with zero attached hydrogens (tertiary/aromatic N) is 2. The van der Waals surface area contributed by atoms with E-state index in [9.17, 15) is 14.0 Å². The van der Waals surface area contributed by atoms with E-state index in [2.05, 4.69) is 0 Å². The fourth-order valence-corrected chi connectivity index (χ4v) is 2.31.